The number of anilines is 1. The summed E-state index contributed by atoms with van der Waals surface area (Å²) in [5.41, 5.74) is 4.92. The van der Waals surface area contributed by atoms with E-state index in [1.54, 1.807) is 0 Å². The molecule has 0 aromatic heterocycles. The van der Waals surface area contributed by atoms with Gasteiger partial charge in [0.2, 0.25) is 0 Å². The van der Waals surface area contributed by atoms with Crippen LogP contribution in [0.3, 0.4) is 0 Å². The molecule has 0 radical (unpaired) electrons. The van der Waals surface area contributed by atoms with Gasteiger partial charge in [-0.3, -0.25) is 0 Å². The highest BCUT2D eigenvalue weighted by Gasteiger charge is 2.09. The first kappa shape index (κ1) is 11.5. The predicted molar refractivity (Wildman–Crippen MR) is 70.6 cm³/mol. The number of rotatable bonds is 1. The van der Waals surface area contributed by atoms with Gasteiger partial charge in [0.15, 0.2) is 0 Å². The molecule has 0 saturated carbocycles. The van der Waals surface area contributed by atoms with Crippen molar-refractivity contribution in [1.82, 2.24) is 0 Å². The van der Waals surface area contributed by atoms with Crippen LogP contribution >= 0.6 is 24.8 Å². The van der Waals surface area contributed by atoms with Gasteiger partial charge in [-0.2, -0.15) is 0 Å². The third kappa shape index (κ3) is 2.28. The fourth-order valence-electron chi connectivity index (χ4n) is 1.80. The second-order valence-electron chi connectivity index (χ2n) is 3.59. The number of hydrogen-bond donors (Lipinski definition) is 1. The van der Waals surface area contributed by atoms with Gasteiger partial charge in [-0.15, -0.1) is 12.6 Å². The molecule has 0 spiro atoms. The molecule has 0 atom stereocenters. The third-order valence-corrected chi connectivity index (χ3v) is 2.83. The zero-order chi connectivity index (χ0) is 10.9. The van der Waals surface area contributed by atoms with Crippen molar-refractivity contribution in [2.75, 3.05) is 11.9 Å². The molecule has 76 valence electrons. The van der Waals surface area contributed by atoms with Crippen LogP contribution in [0, 0.1) is 20.8 Å². The van der Waals surface area contributed by atoms with Crippen LogP contribution in [-0.2, 0) is 0 Å². The first-order valence-electron chi connectivity index (χ1n) is 4.48. The van der Waals surface area contributed by atoms with E-state index in [-0.39, 0.29) is 0 Å². The van der Waals surface area contributed by atoms with Gasteiger partial charge < -0.3 is 4.90 Å². The fraction of sp³-hybridized carbons (Fsp3) is 0.364. The fourth-order valence-corrected chi connectivity index (χ4v) is 1.99. The number of nitrogens with zero attached hydrogens (tertiary/aromatic N) is 1. The smallest absolute Gasteiger partial charge is 0.137 e. The molecule has 0 aliphatic heterocycles. The number of thiocarbonyl (C=S) groups is 1. The Morgan fingerprint density at radius 2 is 1.64 bits per heavy atom. The second-order valence-corrected chi connectivity index (χ2v) is 4.70. The summed E-state index contributed by atoms with van der Waals surface area (Å²) in [4.78, 5) is 1.93. The van der Waals surface area contributed by atoms with Gasteiger partial charge in [-0.05, 0) is 31.9 Å². The Bertz CT molecular complexity index is 349. The molecule has 0 aliphatic rings. The van der Waals surface area contributed by atoms with Crippen molar-refractivity contribution in [1.29, 1.82) is 0 Å². The van der Waals surface area contributed by atoms with Crippen LogP contribution in [0.4, 0.5) is 5.69 Å². The highest BCUT2D eigenvalue weighted by Crippen LogP contribution is 2.26. The molecule has 0 saturated heterocycles. The van der Waals surface area contributed by atoms with Gasteiger partial charge in [-0.25, -0.2) is 0 Å². The molecule has 0 heterocycles. The van der Waals surface area contributed by atoms with Crippen LogP contribution in [0.15, 0.2) is 12.1 Å². The second kappa shape index (κ2) is 4.32. The molecule has 0 fully saturated rings. The number of aryl methyl sites for hydroxylation is 3. The van der Waals surface area contributed by atoms with E-state index in [0.29, 0.717) is 4.32 Å². The van der Waals surface area contributed by atoms with Gasteiger partial charge in [0.1, 0.15) is 4.32 Å². The van der Waals surface area contributed by atoms with Crippen molar-refractivity contribution >= 4 is 34.9 Å². The molecule has 1 aromatic carbocycles. The highest BCUT2D eigenvalue weighted by molar-refractivity contribution is 8.11. The Labute approximate surface area is 96.5 Å². The van der Waals surface area contributed by atoms with E-state index >= 15 is 0 Å². The lowest BCUT2D eigenvalue weighted by Crippen LogP contribution is -2.21. The lowest BCUT2D eigenvalue weighted by atomic mass is 10.0. The summed E-state index contributed by atoms with van der Waals surface area (Å²) >= 11 is 9.22. The average molecular weight is 225 g/mol. The quantitative estimate of drug-likeness (QED) is 0.577. The van der Waals surface area contributed by atoms with Crippen molar-refractivity contribution in [3.8, 4) is 0 Å². The van der Waals surface area contributed by atoms with E-state index in [0.717, 1.165) is 5.69 Å². The summed E-state index contributed by atoms with van der Waals surface area (Å²) in [5, 5.41) is 0. The topological polar surface area (TPSA) is 3.24 Å². The minimum atomic E-state index is 0.597. The Kier molecular flexibility index (Phi) is 3.56. The Hall–Kier alpha value is -0.540. The van der Waals surface area contributed by atoms with Crippen LogP contribution in [0.25, 0.3) is 0 Å². The summed E-state index contributed by atoms with van der Waals surface area (Å²) in [7, 11) is 1.94. The normalized spacial score (nSPS) is 10.1. The maximum Gasteiger partial charge on any atom is 0.137 e. The molecule has 0 aliphatic carbocycles. The van der Waals surface area contributed by atoms with Crippen LogP contribution in [0.5, 0.6) is 0 Å². The minimum absolute atomic E-state index is 0.597. The standard InChI is InChI=1S/C11H15NS2/c1-7-5-8(2)10(9(3)6-7)12(4)11(13)14/h5-6H,1-4H3,(H,13,14). The van der Waals surface area contributed by atoms with Crippen molar-refractivity contribution < 1.29 is 0 Å². The first-order valence-corrected chi connectivity index (χ1v) is 5.33. The van der Waals surface area contributed by atoms with E-state index in [9.17, 15) is 0 Å². The molecule has 1 rings (SSSR count). The van der Waals surface area contributed by atoms with Crippen molar-refractivity contribution in [2.24, 2.45) is 0 Å². The van der Waals surface area contributed by atoms with E-state index in [2.05, 4.69) is 45.5 Å². The Morgan fingerprint density at radius 3 is 2.00 bits per heavy atom. The van der Waals surface area contributed by atoms with E-state index < -0.39 is 0 Å². The molecule has 3 heteroatoms. The van der Waals surface area contributed by atoms with Crippen LogP contribution in [-0.4, -0.2) is 11.4 Å². The molecule has 0 N–H and O–H groups in total. The van der Waals surface area contributed by atoms with Crippen molar-refractivity contribution in [3.05, 3.63) is 28.8 Å². The van der Waals surface area contributed by atoms with Gasteiger partial charge in [0.25, 0.3) is 0 Å². The molecule has 0 unspecified atom stereocenters. The van der Waals surface area contributed by atoms with E-state index in [1.807, 2.05) is 11.9 Å². The van der Waals surface area contributed by atoms with Gasteiger partial charge in [0.05, 0.1) is 0 Å². The zero-order valence-corrected chi connectivity index (χ0v) is 10.7. The molecule has 0 bridgehead atoms. The molecule has 0 amide bonds. The van der Waals surface area contributed by atoms with Crippen molar-refractivity contribution in [2.45, 2.75) is 20.8 Å². The van der Waals surface area contributed by atoms with Crippen LogP contribution in [0.2, 0.25) is 0 Å². The maximum absolute atomic E-state index is 5.04. The summed E-state index contributed by atoms with van der Waals surface area (Å²) in [5.74, 6) is 0. The Balaban J connectivity index is 3.27. The minimum Gasteiger partial charge on any atom is -0.330 e. The highest BCUT2D eigenvalue weighted by atomic mass is 32.1. The molecule has 14 heavy (non-hydrogen) atoms. The monoisotopic (exact) mass is 225 g/mol. The third-order valence-electron chi connectivity index (χ3n) is 2.26. The van der Waals surface area contributed by atoms with Gasteiger partial charge in [0, 0.05) is 12.7 Å². The molecule has 1 aromatic rings. The first-order chi connectivity index (χ1) is 6.43. The lowest BCUT2D eigenvalue weighted by Gasteiger charge is -2.22. The Morgan fingerprint density at radius 1 is 1.21 bits per heavy atom. The lowest BCUT2D eigenvalue weighted by molar-refractivity contribution is 1.21. The SMILES string of the molecule is Cc1cc(C)c(N(C)C(=S)S)c(C)c1. The summed E-state index contributed by atoms with van der Waals surface area (Å²) in [6, 6.07) is 4.32. The maximum atomic E-state index is 5.04. The average Bonchev–Trinajstić information content (AvgIpc) is 2.01. The molecule has 1 nitrogen and oxygen atoms in total. The predicted octanol–water partition coefficient (Wildman–Crippen LogP) is 3.26. The zero-order valence-electron chi connectivity index (χ0n) is 8.96. The summed E-state index contributed by atoms with van der Waals surface area (Å²) < 4.78 is 0.597. The number of hydrogen-bond acceptors (Lipinski definition) is 1. The van der Waals surface area contributed by atoms with E-state index in [4.69, 9.17) is 12.2 Å². The van der Waals surface area contributed by atoms with E-state index in [1.165, 1.54) is 16.7 Å². The van der Waals surface area contributed by atoms with Gasteiger partial charge >= 0.3 is 0 Å². The number of benzene rings is 1. The largest absolute Gasteiger partial charge is 0.330 e. The van der Waals surface area contributed by atoms with Crippen LogP contribution in [0.1, 0.15) is 16.7 Å². The summed E-state index contributed by atoms with van der Waals surface area (Å²) in [6.45, 7) is 6.29. The van der Waals surface area contributed by atoms with Crippen molar-refractivity contribution in [3.63, 3.8) is 0 Å². The molecular weight excluding hydrogens is 210 g/mol. The van der Waals surface area contributed by atoms with Gasteiger partial charge in [-0.1, -0.05) is 29.9 Å². The number of thiol groups is 1. The van der Waals surface area contributed by atoms with Crippen LogP contribution < -0.4 is 4.90 Å². The summed E-state index contributed by atoms with van der Waals surface area (Å²) in [6.07, 6.45) is 0. The molecular formula is C11H15NS2.